The Kier molecular flexibility index (Phi) is 4.71. The third-order valence-corrected chi connectivity index (χ3v) is 4.63. The molecule has 0 saturated carbocycles. The molecule has 0 atom stereocenters. The molecular weight excluding hydrogens is 318 g/mol. The van der Waals surface area contributed by atoms with Crippen molar-refractivity contribution in [1.82, 2.24) is 14.5 Å². The minimum absolute atomic E-state index is 0.0104. The monoisotopic (exact) mass is 337 g/mol. The SMILES string of the molecule is Cc1ccc(CN(C)C(=O)c2ccc(-c3csnn3)cc2)cc1C. The van der Waals surface area contributed by atoms with Crippen LogP contribution in [0.25, 0.3) is 11.3 Å². The first-order chi connectivity index (χ1) is 11.5. The average Bonchev–Trinajstić information content (AvgIpc) is 3.12. The first-order valence-electron chi connectivity index (χ1n) is 7.73. The molecule has 0 aliphatic carbocycles. The predicted molar refractivity (Wildman–Crippen MR) is 97.1 cm³/mol. The van der Waals surface area contributed by atoms with Crippen LogP contribution in [-0.2, 0) is 6.54 Å². The Morgan fingerprint density at radius 2 is 1.83 bits per heavy atom. The molecule has 24 heavy (non-hydrogen) atoms. The maximum absolute atomic E-state index is 12.6. The maximum atomic E-state index is 12.6. The summed E-state index contributed by atoms with van der Waals surface area (Å²) >= 11 is 1.32. The maximum Gasteiger partial charge on any atom is 0.253 e. The summed E-state index contributed by atoms with van der Waals surface area (Å²) in [6.45, 7) is 4.78. The molecular formula is C19H19N3OS. The van der Waals surface area contributed by atoms with E-state index in [2.05, 4.69) is 41.6 Å². The van der Waals surface area contributed by atoms with Gasteiger partial charge in [0.1, 0.15) is 5.69 Å². The number of hydrogen-bond donors (Lipinski definition) is 0. The third kappa shape index (κ3) is 3.51. The van der Waals surface area contributed by atoms with E-state index >= 15 is 0 Å². The summed E-state index contributed by atoms with van der Waals surface area (Å²) in [7, 11) is 1.83. The second kappa shape index (κ2) is 6.93. The van der Waals surface area contributed by atoms with Crippen LogP contribution in [0.3, 0.4) is 0 Å². The molecule has 3 aromatic rings. The van der Waals surface area contributed by atoms with Gasteiger partial charge in [0.05, 0.1) is 0 Å². The summed E-state index contributed by atoms with van der Waals surface area (Å²) in [4.78, 5) is 14.3. The quantitative estimate of drug-likeness (QED) is 0.720. The van der Waals surface area contributed by atoms with Gasteiger partial charge in [0, 0.05) is 30.1 Å². The van der Waals surface area contributed by atoms with Gasteiger partial charge in [-0.2, -0.15) is 0 Å². The predicted octanol–water partition coefficient (Wildman–Crippen LogP) is 4.09. The molecule has 0 N–H and O–H groups in total. The van der Waals surface area contributed by atoms with Gasteiger partial charge in [-0.15, -0.1) is 5.10 Å². The fraction of sp³-hybridized carbons (Fsp3) is 0.211. The van der Waals surface area contributed by atoms with E-state index in [9.17, 15) is 4.79 Å². The van der Waals surface area contributed by atoms with Gasteiger partial charge < -0.3 is 4.90 Å². The van der Waals surface area contributed by atoms with Crippen LogP contribution in [0.4, 0.5) is 0 Å². The van der Waals surface area contributed by atoms with E-state index in [0.29, 0.717) is 12.1 Å². The van der Waals surface area contributed by atoms with Crippen LogP contribution in [0.5, 0.6) is 0 Å². The van der Waals surface area contributed by atoms with Gasteiger partial charge >= 0.3 is 0 Å². The number of rotatable bonds is 4. The molecule has 0 radical (unpaired) electrons. The van der Waals surface area contributed by atoms with Crippen molar-refractivity contribution in [3.05, 3.63) is 70.1 Å². The van der Waals surface area contributed by atoms with Crippen molar-refractivity contribution in [1.29, 1.82) is 0 Å². The molecule has 0 aliphatic heterocycles. The number of carbonyl (C=O) groups excluding carboxylic acids is 1. The fourth-order valence-corrected chi connectivity index (χ4v) is 3.01. The van der Waals surface area contributed by atoms with Crippen molar-refractivity contribution < 1.29 is 4.79 Å². The molecule has 2 aromatic carbocycles. The summed E-state index contributed by atoms with van der Waals surface area (Å²) in [5.41, 5.74) is 6.13. The Morgan fingerprint density at radius 1 is 1.08 bits per heavy atom. The van der Waals surface area contributed by atoms with E-state index in [4.69, 9.17) is 0 Å². The van der Waals surface area contributed by atoms with Crippen molar-refractivity contribution >= 4 is 17.4 Å². The number of carbonyl (C=O) groups is 1. The Bertz CT molecular complexity index is 842. The van der Waals surface area contributed by atoms with E-state index in [1.54, 1.807) is 4.90 Å². The molecule has 3 rings (SSSR count). The number of amides is 1. The smallest absolute Gasteiger partial charge is 0.253 e. The zero-order valence-corrected chi connectivity index (χ0v) is 14.8. The highest BCUT2D eigenvalue weighted by Crippen LogP contribution is 2.19. The minimum Gasteiger partial charge on any atom is -0.337 e. The molecule has 0 fully saturated rings. The van der Waals surface area contributed by atoms with Crippen molar-refractivity contribution in [2.75, 3.05) is 7.05 Å². The molecule has 0 aliphatic rings. The summed E-state index contributed by atoms with van der Waals surface area (Å²) in [6, 6.07) is 13.8. The third-order valence-electron chi connectivity index (χ3n) is 4.13. The van der Waals surface area contributed by atoms with E-state index in [1.807, 2.05) is 36.7 Å². The zero-order valence-electron chi connectivity index (χ0n) is 14.0. The molecule has 0 spiro atoms. The van der Waals surface area contributed by atoms with Crippen LogP contribution in [0.2, 0.25) is 0 Å². The van der Waals surface area contributed by atoms with Crippen LogP contribution in [-0.4, -0.2) is 27.4 Å². The highest BCUT2D eigenvalue weighted by atomic mass is 32.1. The van der Waals surface area contributed by atoms with E-state index in [0.717, 1.165) is 16.8 Å². The molecule has 4 nitrogen and oxygen atoms in total. The molecule has 122 valence electrons. The fourth-order valence-electron chi connectivity index (χ4n) is 2.54. The highest BCUT2D eigenvalue weighted by Gasteiger charge is 2.13. The van der Waals surface area contributed by atoms with Crippen molar-refractivity contribution in [3.8, 4) is 11.3 Å². The number of aromatic nitrogens is 2. The normalized spacial score (nSPS) is 10.6. The molecule has 0 unspecified atom stereocenters. The highest BCUT2D eigenvalue weighted by molar-refractivity contribution is 7.03. The molecule has 1 aromatic heterocycles. The Hall–Kier alpha value is -2.53. The van der Waals surface area contributed by atoms with Gasteiger partial charge in [0.2, 0.25) is 0 Å². The van der Waals surface area contributed by atoms with Crippen LogP contribution >= 0.6 is 11.5 Å². The van der Waals surface area contributed by atoms with Gasteiger partial charge in [-0.3, -0.25) is 4.79 Å². The van der Waals surface area contributed by atoms with E-state index < -0.39 is 0 Å². The second-order valence-corrected chi connectivity index (χ2v) is 6.56. The lowest BCUT2D eigenvalue weighted by atomic mass is 10.1. The number of nitrogens with zero attached hydrogens (tertiary/aromatic N) is 3. The lowest BCUT2D eigenvalue weighted by Gasteiger charge is -2.18. The molecule has 1 amide bonds. The van der Waals surface area contributed by atoms with Crippen LogP contribution in [0.15, 0.2) is 47.8 Å². The Labute approximate surface area is 145 Å². The minimum atomic E-state index is 0.0104. The van der Waals surface area contributed by atoms with Crippen molar-refractivity contribution in [3.63, 3.8) is 0 Å². The Balaban J connectivity index is 1.72. The molecule has 1 heterocycles. The van der Waals surface area contributed by atoms with Crippen molar-refractivity contribution in [2.24, 2.45) is 0 Å². The lowest BCUT2D eigenvalue weighted by Crippen LogP contribution is -2.26. The largest absolute Gasteiger partial charge is 0.337 e. The van der Waals surface area contributed by atoms with Crippen LogP contribution in [0.1, 0.15) is 27.0 Å². The standard InChI is InChI=1S/C19H19N3OS/c1-13-4-5-15(10-14(13)2)11-22(3)19(23)17-8-6-16(7-9-17)18-12-24-21-20-18/h4-10,12H,11H2,1-3H3. The molecule has 0 saturated heterocycles. The summed E-state index contributed by atoms with van der Waals surface area (Å²) in [5.74, 6) is 0.0104. The number of benzene rings is 2. The topological polar surface area (TPSA) is 46.1 Å². The van der Waals surface area contributed by atoms with E-state index in [-0.39, 0.29) is 5.91 Å². The summed E-state index contributed by atoms with van der Waals surface area (Å²) in [5, 5.41) is 5.93. The molecule has 0 bridgehead atoms. The van der Waals surface area contributed by atoms with Crippen LogP contribution < -0.4 is 0 Å². The van der Waals surface area contributed by atoms with Gasteiger partial charge in [-0.05, 0) is 54.2 Å². The van der Waals surface area contributed by atoms with Gasteiger partial charge in [-0.25, -0.2) is 0 Å². The second-order valence-electron chi connectivity index (χ2n) is 5.95. The average molecular weight is 337 g/mol. The molecule has 5 heteroatoms. The first kappa shape index (κ1) is 16.3. The van der Waals surface area contributed by atoms with E-state index in [1.165, 1.54) is 22.7 Å². The summed E-state index contributed by atoms with van der Waals surface area (Å²) in [6.07, 6.45) is 0. The number of aryl methyl sites for hydroxylation is 2. The van der Waals surface area contributed by atoms with Crippen molar-refractivity contribution in [2.45, 2.75) is 20.4 Å². The van der Waals surface area contributed by atoms with Crippen LogP contribution in [0, 0.1) is 13.8 Å². The summed E-state index contributed by atoms with van der Waals surface area (Å²) < 4.78 is 3.86. The Morgan fingerprint density at radius 3 is 2.46 bits per heavy atom. The first-order valence-corrected chi connectivity index (χ1v) is 8.57. The number of hydrogen-bond acceptors (Lipinski definition) is 4. The van der Waals surface area contributed by atoms with Gasteiger partial charge in [0.25, 0.3) is 5.91 Å². The lowest BCUT2D eigenvalue weighted by molar-refractivity contribution is 0.0785. The van der Waals surface area contributed by atoms with Gasteiger partial charge in [0.15, 0.2) is 0 Å². The van der Waals surface area contributed by atoms with Gasteiger partial charge in [-0.1, -0.05) is 34.8 Å². The zero-order chi connectivity index (χ0) is 17.1.